The van der Waals surface area contributed by atoms with Crippen molar-refractivity contribution in [3.8, 4) is 11.1 Å². The lowest BCUT2D eigenvalue weighted by atomic mass is 9.84. The van der Waals surface area contributed by atoms with E-state index in [9.17, 15) is 0 Å². The molecular formula is C28H39N5. The van der Waals surface area contributed by atoms with Crippen molar-refractivity contribution in [3.63, 3.8) is 0 Å². The smallest absolute Gasteiger partial charge is 0.125 e. The van der Waals surface area contributed by atoms with Crippen molar-refractivity contribution in [3.05, 3.63) is 66.3 Å². The first kappa shape index (κ1) is 24.8. The van der Waals surface area contributed by atoms with Crippen LogP contribution in [0, 0.1) is 24.2 Å². The van der Waals surface area contributed by atoms with Gasteiger partial charge in [-0.1, -0.05) is 26.5 Å². The molecule has 0 saturated carbocycles. The van der Waals surface area contributed by atoms with Crippen LogP contribution in [0.5, 0.6) is 0 Å². The summed E-state index contributed by atoms with van der Waals surface area (Å²) in [6, 6.07) is 4.33. The average Bonchev–Trinajstić information content (AvgIpc) is 2.82. The molecule has 1 aliphatic heterocycles. The van der Waals surface area contributed by atoms with Gasteiger partial charge in [0.1, 0.15) is 5.82 Å². The van der Waals surface area contributed by atoms with Gasteiger partial charge in [0.2, 0.25) is 0 Å². The lowest BCUT2D eigenvalue weighted by Gasteiger charge is -2.30. The van der Waals surface area contributed by atoms with E-state index >= 15 is 0 Å². The van der Waals surface area contributed by atoms with E-state index in [2.05, 4.69) is 65.8 Å². The number of allylic oxidation sites excluding steroid dienone is 2. The second-order valence-electron chi connectivity index (χ2n) is 9.48. The molecule has 0 saturated heterocycles. The molecule has 33 heavy (non-hydrogen) atoms. The second kappa shape index (κ2) is 11.4. The minimum Gasteiger partial charge on any atom is -0.384 e. The van der Waals surface area contributed by atoms with E-state index in [-0.39, 0.29) is 0 Å². The lowest BCUT2D eigenvalue weighted by Crippen LogP contribution is -2.31. The number of nitrogens with one attached hydrogen (secondary N) is 3. The zero-order chi connectivity index (χ0) is 24.0. The van der Waals surface area contributed by atoms with Crippen LogP contribution in [-0.4, -0.2) is 35.3 Å². The summed E-state index contributed by atoms with van der Waals surface area (Å²) in [5.74, 6) is 2.35. The number of anilines is 1. The standard InChI is InChI=1S/C28H39N5/c1-7-21(8-2)11-19(5)14-30-15-22-9-10-31-28-25(22)12-23(13-26(28)27(29)18(3)4)24-16-32-20(6)33-17-24/h7,12-13,16-17,19,21-22,29-31H,1,3,8-11,14-15H2,2,4-6H3. The second-order valence-corrected chi connectivity index (χ2v) is 9.48. The molecule has 5 nitrogen and oxygen atoms in total. The van der Waals surface area contributed by atoms with E-state index in [1.807, 2.05) is 26.2 Å². The van der Waals surface area contributed by atoms with Crippen LogP contribution >= 0.6 is 0 Å². The maximum atomic E-state index is 8.69. The Kier molecular flexibility index (Phi) is 8.56. The molecule has 0 spiro atoms. The highest BCUT2D eigenvalue weighted by Crippen LogP contribution is 2.38. The normalized spacial score (nSPS) is 16.9. The molecular weight excluding hydrogens is 406 g/mol. The zero-order valence-electron chi connectivity index (χ0n) is 20.7. The summed E-state index contributed by atoms with van der Waals surface area (Å²) in [5, 5.41) is 16.0. The molecule has 0 radical (unpaired) electrons. The minimum atomic E-state index is 0.387. The summed E-state index contributed by atoms with van der Waals surface area (Å²) in [4.78, 5) is 8.77. The summed E-state index contributed by atoms with van der Waals surface area (Å²) in [6.07, 6.45) is 9.21. The van der Waals surface area contributed by atoms with Crippen molar-refractivity contribution in [2.24, 2.45) is 11.8 Å². The van der Waals surface area contributed by atoms with Crippen molar-refractivity contribution in [2.75, 3.05) is 25.0 Å². The highest BCUT2D eigenvalue weighted by Gasteiger charge is 2.25. The Balaban J connectivity index is 1.86. The van der Waals surface area contributed by atoms with Crippen molar-refractivity contribution < 1.29 is 0 Å². The van der Waals surface area contributed by atoms with Crippen LogP contribution in [-0.2, 0) is 0 Å². The van der Waals surface area contributed by atoms with Gasteiger partial charge in [0.25, 0.3) is 0 Å². The van der Waals surface area contributed by atoms with Gasteiger partial charge in [-0.05, 0) is 80.3 Å². The third-order valence-electron chi connectivity index (χ3n) is 6.66. The number of fused-ring (bicyclic) bond motifs is 1. The number of hydrogen-bond acceptors (Lipinski definition) is 5. The zero-order valence-corrected chi connectivity index (χ0v) is 20.7. The summed E-state index contributed by atoms with van der Waals surface area (Å²) >= 11 is 0. The van der Waals surface area contributed by atoms with Crippen LogP contribution in [0.2, 0.25) is 0 Å². The molecule has 0 bridgehead atoms. The maximum Gasteiger partial charge on any atom is 0.125 e. The Morgan fingerprint density at radius 2 is 2.03 bits per heavy atom. The predicted molar refractivity (Wildman–Crippen MR) is 140 cm³/mol. The lowest BCUT2D eigenvalue weighted by molar-refractivity contribution is 0.404. The molecule has 1 aromatic carbocycles. The quantitative estimate of drug-likeness (QED) is 0.288. The highest BCUT2D eigenvalue weighted by molar-refractivity contribution is 6.14. The third-order valence-corrected chi connectivity index (χ3v) is 6.66. The molecule has 3 N–H and O–H groups in total. The topological polar surface area (TPSA) is 73.7 Å². The Morgan fingerprint density at radius 1 is 1.30 bits per heavy atom. The molecule has 0 fully saturated rings. The van der Waals surface area contributed by atoms with Gasteiger partial charge in [-0.2, -0.15) is 0 Å². The fraction of sp³-hybridized carbons (Fsp3) is 0.464. The number of rotatable bonds is 11. The fourth-order valence-corrected chi connectivity index (χ4v) is 4.59. The number of aromatic nitrogens is 2. The first-order valence-electron chi connectivity index (χ1n) is 12.1. The van der Waals surface area contributed by atoms with Gasteiger partial charge in [-0.15, -0.1) is 6.58 Å². The number of aryl methyl sites for hydroxylation is 1. The van der Waals surface area contributed by atoms with Crippen molar-refractivity contribution in [1.82, 2.24) is 15.3 Å². The molecule has 3 atom stereocenters. The van der Waals surface area contributed by atoms with Crippen LogP contribution < -0.4 is 10.6 Å². The molecule has 2 aromatic rings. The molecule has 5 heteroatoms. The van der Waals surface area contributed by atoms with Crippen LogP contribution in [0.15, 0.2) is 49.3 Å². The van der Waals surface area contributed by atoms with Crippen LogP contribution in [0.1, 0.15) is 62.9 Å². The van der Waals surface area contributed by atoms with Crippen molar-refractivity contribution >= 4 is 11.4 Å². The Bertz CT molecular complexity index is 992. The van der Waals surface area contributed by atoms with Crippen LogP contribution in [0.4, 0.5) is 5.69 Å². The first-order valence-corrected chi connectivity index (χ1v) is 12.1. The summed E-state index contributed by atoms with van der Waals surface area (Å²) < 4.78 is 0. The summed E-state index contributed by atoms with van der Waals surface area (Å²) in [5.41, 5.74) is 6.50. The molecule has 3 rings (SSSR count). The summed E-state index contributed by atoms with van der Waals surface area (Å²) in [6.45, 7) is 19.2. The van der Waals surface area contributed by atoms with Crippen molar-refractivity contribution in [1.29, 1.82) is 5.41 Å². The highest BCUT2D eigenvalue weighted by atomic mass is 14.9. The largest absolute Gasteiger partial charge is 0.384 e. The SMILES string of the molecule is C=CC(CC)CC(C)CNCC1CCNc2c(C(=N)C(=C)C)cc(-c3cnc(C)nc3)cc21. The van der Waals surface area contributed by atoms with Gasteiger partial charge in [0.05, 0.1) is 5.71 Å². The van der Waals surface area contributed by atoms with Gasteiger partial charge >= 0.3 is 0 Å². The van der Waals surface area contributed by atoms with Gasteiger partial charge in [-0.25, -0.2) is 9.97 Å². The number of benzene rings is 1. The van der Waals surface area contributed by atoms with E-state index in [1.54, 1.807) is 0 Å². The van der Waals surface area contributed by atoms with Gasteiger partial charge in [0, 0.05) is 48.2 Å². The van der Waals surface area contributed by atoms with E-state index in [4.69, 9.17) is 5.41 Å². The Labute approximate surface area is 199 Å². The molecule has 1 aromatic heterocycles. The van der Waals surface area contributed by atoms with Gasteiger partial charge in [-0.3, -0.25) is 5.41 Å². The Morgan fingerprint density at radius 3 is 2.67 bits per heavy atom. The maximum absolute atomic E-state index is 8.69. The number of hydrogen-bond donors (Lipinski definition) is 3. The molecule has 176 valence electrons. The molecule has 0 amide bonds. The number of nitrogens with zero attached hydrogens (tertiary/aromatic N) is 2. The van der Waals surface area contributed by atoms with Crippen molar-refractivity contribution in [2.45, 2.75) is 52.9 Å². The van der Waals surface area contributed by atoms with Gasteiger partial charge < -0.3 is 10.6 Å². The molecule has 2 heterocycles. The van der Waals surface area contributed by atoms with Crippen LogP contribution in [0.25, 0.3) is 11.1 Å². The average molecular weight is 446 g/mol. The molecule has 1 aliphatic rings. The van der Waals surface area contributed by atoms with E-state index in [1.165, 1.54) is 12.0 Å². The van der Waals surface area contributed by atoms with Crippen LogP contribution in [0.3, 0.4) is 0 Å². The van der Waals surface area contributed by atoms with E-state index in [0.717, 1.165) is 66.3 Å². The molecule has 3 unspecified atom stereocenters. The monoisotopic (exact) mass is 445 g/mol. The Hall–Kier alpha value is -2.79. The van der Waals surface area contributed by atoms with E-state index < -0.39 is 0 Å². The van der Waals surface area contributed by atoms with E-state index in [0.29, 0.717) is 23.5 Å². The fourth-order valence-electron chi connectivity index (χ4n) is 4.59. The minimum absolute atomic E-state index is 0.387. The van der Waals surface area contributed by atoms with Gasteiger partial charge in [0.15, 0.2) is 0 Å². The third kappa shape index (κ3) is 6.17. The first-order chi connectivity index (χ1) is 15.8. The predicted octanol–water partition coefficient (Wildman–Crippen LogP) is 6.12. The molecule has 0 aliphatic carbocycles. The summed E-state index contributed by atoms with van der Waals surface area (Å²) in [7, 11) is 0.